The minimum Gasteiger partial charge on any atom is -0.458 e. The van der Waals surface area contributed by atoms with E-state index >= 15 is 0 Å². The highest BCUT2D eigenvalue weighted by Gasteiger charge is 2.43. The van der Waals surface area contributed by atoms with Crippen LogP contribution in [0.2, 0.25) is 0 Å². The third-order valence-electron chi connectivity index (χ3n) is 7.96. The second-order valence-electron chi connectivity index (χ2n) is 10.2. The summed E-state index contributed by atoms with van der Waals surface area (Å²) in [6.45, 7) is -7.94. The second-order valence-corrected chi connectivity index (χ2v) is 10.2. The third kappa shape index (κ3) is 3.50. The van der Waals surface area contributed by atoms with Crippen molar-refractivity contribution in [3.63, 3.8) is 0 Å². The van der Waals surface area contributed by atoms with Crippen molar-refractivity contribution >= 4 is 40.2 Å². The average Bonchev–Trinajstić information content (AvgIpc) is 3.53. The Morgan fingerprint density at radius 3 is 1.98 bits per heavy atom. The van der Waals surface area contributed by atoms with Crippen molar-refractivity contribution in [3.05, 3.63) is 144 Å². The molecule has 0 saturated carbocycles. The molecule has 0 spiro atoms. The zero-order valence-electron chi connectivity index (χ0n) is 42.0. The molecule has 0 fully saturated rings. The molecule has 0 unspecified atom stereocenters. The molecule has 2 heterocycles. The maximum absolute atomic E-state index is 9.07. The first kappa shape index (κ1) is 11.8. The number of ether oxygens (including phenoxy) is 2. The van der Waals surface area contributed by atoms with Crippen molar-refractivity contribution < 1.29 is 36.9 Å². The SMILES string of the molecule is [2H]c1c([2H])c([2H])c(N(c2ccc3c(c2)C(C([2H])([2H])[2H])(C([2H])([2H])[2H])c2cc4c(cc2-3)Oc2cccc3c2B4c2c([2H])c([2H])c([2H])c([2H])c2O3)c2c([2H])c([2H])c([2H])c([2H])c2[2H])c([2H])c1[2H]. The predicted molar refractivity (Wildman–Crippen MR) is 176 cm³/mol. The van der Waals surface area contributed by atoms with Crippen LogP contribution in [0.3, 0.4) is 0 Å². The molecule has 6 aromatic rings. The topological polar surface area (TPSA) is 21.7 Å². The van der Waals surface area contributed by atoms with E-state index in [1.807, 2.05) is 0 Å². The van der Waals surface area contributed by atoms with E-state index in [0.717, 1.165) is 11.0 Å². The quantitative estimate of drug-likeness (QED) is 0.199. The number of anilines is 3. The Hall–Kier alpha value is -5.22. The predicted octanol–water partition coefficient (Wildman–Crippen LogP) is 8.19. The summed E-state index contributed by atoms with van der Waals surface area (Å²) in [5.74, 6) is 0.357. The lowest BCUT2D eigenvalue weighted by Crippen LogP contribution is -2.57. The summed E-state index contributed by atoms with van der Waals surface area (Å²) in [5.41, 5.74) is -4.55. The maximum Gasteiger partial charge on any atom is 0.260 e. The zero-order chi connectivity index (χ0) is 45.9. The van der Waals surface area contributed by atoms with Gasteiger partial charge >= 0.3 is 0 Å². The summed E-state index contributed by atoms with van der Waals surface area (Å²) >= 11 is 0. The van der Waals surface area contributed by atoms with E-state index in [2.05, 4.69) is 0 Å². The Bertz CT molecular complexity index is 2930. The number of hydrogen-bond acceptors (Lipinski definition) is 3. The van der Waals surface area contributed by atoms with Gasteiger partial charge in [-0.2, -0.15) is 0 Å². The number of para-hydroxylation sites is 3. The molecule has 9 rings (SSSR count). The number of fused-ring (bicyclic) bond motifs is 7. The van der Waals surface area contributed by atoms with Gasteiger partial charge in [-0.05, 0) is 93.7 Å². The minimum absolute atomic E-state index is 0.00416. The molecule has 0 atom stereocenters. The monoisotopic (exact) mass is 573 g/mol. The van der Waals surface area contributed by atoms with Gasteiger partial charge in [-0.15, -0.1) is 0 Å². The van der Waals surface area contributed by atoms with Crippen LogP contribution in [-0.4, -0.2) is 6.71 Å². The van der Waals surface area contributed by atoms with E-state index in [-0.39, 0.29) is 61.9 Å². The van der Waals surface area contributed by atoms with Gasteiger partial charge in [0.2, 0.25) is 0 Å². The molecule has 4 heteroatoms. The highest BCUT2D eigenvalue weighted by atomic mass is 16.5. The fourth-order valence-corrected chi connectivity index (χ4v) is 6.15. The van der Waals surface area contributed by atoms with Gasteiger partial charge in [0.25, 0.3) is 6.71 Å². The van der Waals surface area contributed by atoms with E-state index in [4.69, 9.17) is 36.9 Å². The Labute approximate surface area is 280 Å². The number of benzene rings is 6. The fourth-order valence-electron chi connectivity index (χ4n) is 6.15. The van der Waals surface area contributed by atoms with Crippen molar-refractivity contribution in [1.29, 1.82) is 0 Å². The molecule has 0 aromatic heterocycles. The van der Waals surface area contributed by atoms with Crippen LogP contribution in [0, 0.1) is 0 Å². The Balaban J connectivity index is 1.38. The molecule has 0 N–H and O–H groups in total. The molecule has 204 valence electrons. The number of nitrogens with zero attached hydrogens (tertiary/aromatic N) is 1. The Morgan fingerprint density at radius 2 is 1.26 bits per heavy atom. The molecule has 0 amide bonds. The van der Waals surface area contributed by atoms with Crippen molar-refractivity contribution in [1.82, 2.24) is 0 Å². The molecule has 2 aliphatic heterocycles. The van der Waals surface area contributed by atoms with E-state index in [0.29, 0.717) is 5.46 Å². The summed E-state index contributed by atoms with van der Waals surface area (Å²) in [6, 6.07) is 0.869. The highest BCUT2D eigenvalue weighted by molar-refractivity contribution is 6.98. The van der Waals surface area contributed by atoms with Crippen molar-refractivity contribution in [3.8, 4) is 34.1 Å². The first-order valence-corrected chi connectivity index (χ1v) is 13.2. The molecule has 0 saturated heterocycles. The summed E-state index contributed by atoms with van der Waals surface area (Å²) in [4.78, 5) is 0.811. The smallest absolute Gasteiger partial charge is 0.260 e. The number of rotatable bonds is 3. The second kappa shape index (κ2) is 8.89. The molecule has 0 radical (unpaired) electrons. The van der Waals surface area contributed by atoms with Crippen LogP contribution in [0.1, 0.15) is 52.2 Å². The number of hydrogen-bond donors (Lipinski definition) is 0. The molecule has 3 nitrogen and oxygen atoms in total. The molecular formula is C39H28BNO2. The van der Waals surface area contributed by atoms with Gasteiger partial charge < -0.3 is 14.4 Å². The normalized spacial score (nSPS) is 21.5. The van der Waals surface area contributed by atoms with Crippen LogP contribution in [0.25, 0.3) is 11.1 Å². The van der Waals surface area contributed by atoms with E-state index in [9.17, 15) is 0 Å². The zero-order valence-corrected chi connectivity index (χ0v) is 22.0. The highest BCUT2D eigenvalue weighted by Crippen LogP contribution is 2.52. The molecule has 6 aromatic carbocycles. The van der Waals surface area contributed by atoms with Crippen molar-refractivity contribution in [2.75, 3.05) is 4.90 Å². The largest absolute Gasteiger partial charge is 0.458 e. The fraction of sp³-hybridized carbons (Fsp3) is 0.0769. The summed E-state index contributed by atoms with van der Waals surface area (Å²) in [7, 11) is 0. The lowest BCUT2D eigenvalue weighted by atomic mass is 9.34. The molecule has 43 heavy (non-hydrogen) atoms. The van der Waals surface area contributed by atoms with Gasteiger partial charge in [0.05, 0.1) is 19.2 Å². The third-order valence-corrected chi connectivity index (χ3v) is 7.96. The first-order chi connectivity index (χ1) is 29.4. The molecule has 3 aliphatic rings. The van der Waals surface area contributed by atoms with Gasteiger partial charge in [0, 0.05) is 36.2 Å². The van der Waals surface area contributed by atoms with Crippen LogP contribution in [-0.2, 0) is 5.41 Å². The first-order valence-electron chi connectivity index (χ1n) is 23.2. The summed E-state index contributed by atoms with van der Waals surface area (Å²) in [5, 5.41) is 0. The van der Waals surface area contributed by atoms with Crippen LogP contribution >= 0.6 is 0 Å². The molecular weight excluding hydrogens is 525 g/mol. The van der Waals surface area contributed by atoms with Crippen molar-refractivity contribution in [2.45, 2.75) is 19.1 Å². The summed E-state index contributed by atoms with van der Waals surface area (Å²) < 4.78 is 187. The van der Waals surface area contributed by atoms with Crippen molar-refractivity contribution in [2.24, 2.45) is 0 Å². The molecule has 0 bridgehead atoms. The molecule has 1 aliphatic carbocycles. The van der Waals surface area contributed by atoms with Crippen LogP contribution < -0.4 is 30.8 Å². The van der Waals surface area contributed by atoms with Crippen LogP contribution in [0.4, 0.5) is 17.1 Å². The van der Waals surface area contributed by atoms with Crippen LogP contribution in [0.15, 0.2) is 133 Å². The van der Waals surface area contributed by atoms with Gasteiger partial charge in [-0.25, -0.2) is 0 Å². The lowest BCUT2D eigenvalue weighted by molar-refractivity contribution is 0.464. The van der Waals surface area contributed by atoms with Gasteiger partial charge in [0.15, 0.2) is 0 Å². The van der Waals surface area contributed by atoms with E-state index in [1.165, 1.54) is 24.3 Å². The Morgan fingerprint density at radius 1 is 0.605 bits per heavy atom. The Kier molecular flexibility index (Phi) is 2.44. The minimum atomic E-state index is -3.43. The standard InChI is InChI=1S/C39H28BNO2/c1-39(2)30-22-27(41(25-12-5-3-6-13-25)26-14-7-4-8-15-26)20-21-28(30)29-23-37-33(24-31(29)39)40-32-16-9-10-17-34(32)42-35-18-11-19-36(43-37)38(35)40/h3-24H,1-2H3/i1D3,2D3,3D,4D,5D,6D,7D,8D,9D,10D,12D,13D,14D,15D,16D,17D. The van der Waals surface area contributed by atoms with E-state index in [1.54, 1.807) is 18.2 Å². The van der Waals surface area contributed by atoms with Crippen LogP contribution in [0.5, 0.6) is 23.0 Å². The van der Waals surface area contributed by atoms with Gasteiger partial charge in [-0.3, -0.25) is 0 Å². The van der Waals surface area contributed by atoms with E-state index < -0.39 is 122 Å². The van der Waals surface area contributed by atoms with Gasteiger partial charge in [0.1, 0.15) is 23.0 Å². The van der Waals surface area contributed by atoms with Gasteiger partial charge in [-0.1, -0.05) is 86.3 Å². The summed E-state index contributed by atoms with van der Waals surface area (Å²) in [6.07, 6.45) is 0. The lowest BCUT2D eigenvalue weighted by Gasteiger charge is -2.33. The average molecular weight is 574 g/mol. The maximum atomic E-state index is 9.07.